The fourth-order valence-electron chi connectivity index (χ4n) is 3.28. The van der Waals surface area contributed by atoms with Crippen LogP contribution in [0.25, 0.3) is 0 Å². The second kappa shape index (κ2) is 7.61. The summed E-state index contributed by atoms with van der Waals surface area (Å²) in [6.07, 6.45) is 0. The Morgan fingerprint density at radius 2 is 1.52 bits per heavy atom. The number of piperazine rings is 1. The number of halogens is 1. The van der Waals surface area contributed by atoms with Crippen molar-refractivity contribution >= 4 is 23.1 Å². The fourth-order valence-corrected chi connectivity index (χ4v) is 3.28. The Morgan fingerprint density at radius 1 is 0.852 bits per heavy atom. The molecule has 0 radical (unpaired) electrons. The smallest absolute Gasteiger partial charge is 0.227 e. The molecule has 1 N–H and O–H groups in total. The van der Waals surface area contributed by atoms with Gasteiger partial charge in [-0.3, -0.25) is 0 Å². The number of aryl methyl sites for hydroxylation is 1. The first-order valence-electron chi connectivity index (χ1n) is 9.11. The van der Waals surface area contributed by atoms with E-state index in [4.69, 9.17) is 0 Å². The molecule has 0 atom stereocenters. The van der Waals surface area contributed by atoms with Crippen molar-refractivity contribution in [2.75, 3.05) is 41.3 Å². The molecule has 0 unspecified atom stereocenters. The molecule has 3 aromatic rings. The summed E-state index contributed by atoms with van der Waals surface area (Å²) >= 11 is 0. The normalized spacial score (nSPS) is 14.3. The van der Waals surface area contributed by atoms with E-state index in [1.54, 1.807) is 6.07 Å². The van der Waals surface area contributed by atoms with Gasteiger partial charge in [0.25, 0.3) is 0 Å². The van der Waals surface area contributed by atoms with Crippen molar-refractivity contribution in [3.05, 3.63) is 72.2 Å². The lowest BCUT2D eigenvalue weighted by molar-refractivity contribution is 0.594. The summed E-state index contributed by atoms with van der Waals surface area (Å²) in [7, 11) is 0. The van der Waals surface area contributed by atoms with Crippen LogP contribution in [0.1, 0.15) is 5.69 Å². The molecule has 2 aromatic carbocycles. The van der Waals surface area contributed by atoms with E-state index in [2.05, 4.69) is 25.1 Å². The number of hydrogen-bond donors (Lipinski definition) is 1. The van der Waals surface area contributed by atoms with Crippen LogP contribution >= 0.6 is 0 Å². The van der Waals surface area contributed by atoms with E-state index in [9.17, 15) is 4.39 Å². The van der Waals surface area contributed by atoms with E-state index in [0.29, 0.717) is 11.6 Å². The summed E-state index contributed by atoms with van der Waals surface area (Å²) in [4.78, 5) is 13.5. The lowest BCUT2D eigenvalue weighted by atomic mass is 10.2. The van der Waals surface area contributed by atoms with Crippen LogP contribution in [-0.4, -0.2) is 36.1 Å². The minimum atomic E-state index is -0.174. The van der Waals surface area contributed by atoms with Crippen LogP contribution in [0.5, 0.6) is 0 Å². The van der Waals surface area contributed by atoms with Gasteiger partial charge in [-0.25, -0.2) is 9.37 Å². The van der Waals surface area contributed by atoms with Gasteiger partial charge in [0.15, 0.2) is 0 Å². The molecule has 2 heterocycles. The van der Waals surface area contributed by atoms with Crippen LogP contribution in [0.4, 0.5) is 27.5 Å². The largest absolute Gasteiger partial charge is 0.366 e. The second-order valence-electron chi connectivity index (χ2n) is 6.61. The highest BCUT2D eigenvalue weighted by Gasteiger charge is 2.21. The molecule has 27 heavy (non-hydrogen) atoms. The summed E-state index contributed by atoms with van der Waals surface area (Å²) in [6, 6.07) is 18.8. The van der Waals surface area contributed by atoms with Gasteiger partial charge in [-0.1, -0.05) is 30.3 Å². The Morgan fingerprint density at radius 3 is 2.26 bits per heavy atom. The van der Waals surface area contributed by atoms with Crippen LogP contribution in [0.3, 0.4) is 0 Å². The number of rotatable bonds is 4. The number of aromatic nitrogens is 2. The van der Waals surface area contributed by atoms with Crippen molar-refractivity contribution in [3.8, 4) is 0 Å². The molecule has 1 fully saturated rings. The summed E-state index contributed by atoms with van der Waals surface area (Å²) in [5.74, 6) is 1.31. The summed E-state index contributed by atoms with van der Waals surface area (Å²) in [5.41, 5.74) is 2.56. The first-order chi connectivity index (χ1) is 13.2. The molecule has 0 amide bonds. The predicted molar refractivity (Wildman–Crippen MR) is 107 cm³/mol. The number of nitrogens with zero attached hydrogens (tertiary/aromatic N) is 4. The molecule has 1 aromatic heterocycles. The molecular weight excluding hydrogens is 341 g/mol. The molecule has 0 saturated carbocycles. The second-order valence-corrected chi connectivity index (χ2v) is 6.61. The standard InChI is InChI=1S/C21H22FN5/c1-16-15-20(24-17-7-3-2-4-8-17)25-21(23-16)27-13-11-26(12-14-27)19-10-6-5-9-18(19)22/h2-10,15H,11-14H2,1H3,(H,23,24,25). The van der Waals surface area contributed by atoms with E-state index in [1.165, 1.54) is 6.07 Å². The van der Waals surface area contributed by atoms with Crippen LogP contribution in [-0.2, 0) is 0 Å². The number of anilines is 4. The van der Waals surface area contributed by atoms with E-state index < -0.39 is 0 Å². The molecule has 5 nitrogen and oxygen atoms in total. The Bertz CT molecular complexity index is 907. The highest BCUT2D eigenvalue weighted by Crippen LogP contribution is 2.23. The predicted octanol–water partition coefficient (Wildman–Crippen LogP) is 3.99. The summed E-state index contributed by atoms with van der Waals surface area (Å²) in [6.45, 7) is 4.95. The third-order valence-corrected chi connectivity index (χ3v) is 4.64. The van der Waals surface area contributed by atoms with Crippen molar-refractivity contribution in [2.45, 2.75) is 6.92 Å². The van der Waals surface area contributed by atoms with Gasteiger partial charge in [-0.15, -0.1) is 0 Å². The van der Waals surface area contributed by atoms with Gasteiger partial charge in [0.1, 0.15) is 11.6 Å². The highest BCUT2D eigenvalue weighted by molar-refractivity contribution is 5.58. The SMILES string of the molecule is Cc1cc(Nc2ccccc2)nc(N2CCN(c3ccccc3F)CC2)n1. The van der Waals surface area contributed by atoms with Crippen LogP contribution in [0.2, 0.25) is 0 Å². The molecule has 1 aliphatic rings. The molecule has 4 rings (SSSR count). The lowest BCUT2D eigenvalue weighted by Gasteiger charge is -2.36. The summed E-state index contributed by atoms with van der Waals surface area (Å²) < 4.78 is 14.0. The third-order valence-electron chi connectivity index (χ3n) is 4.64. The number of hydrogen-bond acceptors (Lipinski definition) is 5. The molecular formula is C21H22FN5. The maximum Gasteiger partial charge on any atom is 0.227 e. The highest BCUT2D eigenvalue weighted by atomic mass is 19.1. The minimum Gasteiger partial charge on any atom is -0.366 e. The Kier molecular flexibility index (Phi) is 4.87. The molecule has 0 spiro atoms. The third kappa shape index (κ3) is 4.00. The van der Waals surface area contributed by atoms with Gasteiger partial charge in [-0.2, -0.15) is 4.98 Å². The number of benzene rings is 2. The average Bonchev–Trinajstić information content (AvgIpc) is 2.69. The first kappa shape index (κ1) is 17.3. The van der Waals surface area contributed by atoms with Gasteiger partial charge in [-0.05, 0) is 31.2 Å². The number of para-hydroxylation sites is 2. The van der Waals surface area contributed by atoms with E-state index in [0.717, 1.165) is 43.4 Å². The molecule has 1 aliphatic heterocycles. The monoisotopic (exact) mass is 363 g/mol. The van der Waals surface area contributed by atoms with Crippen LogP contribution < -0.4 is 15.1 Å². The average molecular weight is 363 g/mol. The number of nitrogens with one attached hydrogen (secondary N) is 1. The van der Waals surface area contributed by atoms with Crippen molar-refractivity contribution in [1.29, 1.82) is 0 Å². The Balaban J connectivity index is 1.47. The van der Waals surface area contributed by atoms with Gasteiger partial charge in [0, 0.05) is 43.6 Å². The van der Waals surface area contributed by atoms with E-state index >= 15 is 0 Å². The zero-order valence-electron chi connectivity index (χ0n) is 15.3. The molecule has 1 saturated heterocycles. The molecule has 0 bridgehead atoms. The molecule has 0 aliphatic carbocycles. The first-order valence-corrected chi connectivity index (χ1v) is 9.11. The van der Waals surface area contributed by atoms with E-state index in [-0.39, 0.29) is 5.82 Å². The van der Waals surface area contributed by atoms with Crippen molar-refractivity contribution < 1.29 is 4.39 Å². The Hall–Kier alpha value is -3.15. The van der Waals surface area contributed by atoms with Gasteiger partial charge in [0.05, 0.1) is 5.69 Å². The van der Waals surface area contributed by atoms with Crippen LogP contribution in [0, 0.1) is 12.7 Å². The molecule has 138 valence electrons. The van der Waals surface area contributed by atoms with Crippen molar-refractivity contribution in [3.63, 3.8) is 0 Å². The van der Waals surface area contributed by atoms with Crippen molar-refractivity contribution in [1.82, 2.24) is 9.97 Å². The van der Waals surface area contributed by atoms with Gasteiger partial charge < -0.3 is 15.1 Å². The maximum absolute atomic E-state index is 14.0. The van der Waals surface area contributed by atoms with Gasteiger partial charge >= 0.3 is 0 Å². The minimum absolute atomic E-state index is 0.174. The fraction of sp³-hybridized carbons (Fsp3) is 0.238. The maximum atomic E-state index is 14.0. The molecule has 6 heteroatoms. The Labute approximate surface area is 158 Å². The zero-order chi connectivity index (χ0) is 18.6. The van der Waals surface area contributed by atoms with E-state index in [1.807, 2.05) is 55.5 Å². The lowest BCUT2D eigenvalue weighted by Crippen LogP contribution is -2.47. The topological polar surface area (TPSA) is 44.3 Å². The quantitative estimate of drug-likeness (QED) is 0.759. The van der Waals surface area contributed by atoms with Gasteiger partial charge in [0.2, 0.25) is 5.95 Å². The van der Waals surface area contributed by atoms with Crippen molar-refractivity contribution in [2.24, 2.45) is 0 Å². The zero-order valence-corrected chi connectivity index (χ0v) is 15.3. The summed E-state index contributed by atoms with van der Waals surface area (Å²) in [5, 5.41) is 3.33. The van der Waals surface area contributed by atoms with Crippen LogP contribution in [0.15, 0.2) is 60.7 Å².